The number of phenols is 1. The van der Waals surface area contributed by atoms with Crippen molar-refractivity contribution in [3.63, 3.8) is 0 Å². The van der Waals surface area contributed by atoms with Crippen LogP contribution in [0, 0.1) is 0 Å². The zero-order chi connectivity index (χ0) is 13.9. The normalized spacial score (nSPS) is 10.9. The summed E-state index contributed by atoms with van der Waals surface area (Å²) in [4.78, 5) is 23.1. The molecule has 1 amide bonds. The van der Waals surface area contributed by atoms with E-state index >= 15 is 0 Å². The molecule has 2 N–H and O–H groups in total. The van der Waals surface area contributed by atoms with Gasteiger partial charge in [0.2, 0.25) is 5.91 Å². The molecular weight excluding hydrogens is 302 g/mol. The van der Waals surface area contributed by atoms with Crippen LogP contribution in [0.5, 0.6) is 5.75 Å². The van der Waals surface area contributed by atoms with E-state index in [0.29, 0.717) is 0 Å². The minimum atomic E-state index is -0.777. The Kier molecular flexibility index (Phi) is 4.34. The maximum atomic E-state index is 11.8. The number of ether oxygens (including phenoxy) is 1. The van der Waals surface area contributed by atoms with Crippen molar-refractivity contribution in [1.29, 1.82) is 0 Å². The Bertz CT molecular complexity index is 479. The lowest BCUT2D eigenvalue weighted by atomic mass is 10.1. The van der Waals surface area contributed by atoms with Gasteiger partial charge in [-0.1, -0.05) is 15.9 Å². The predicted molar refractivity (Wildman–Crippen MR) is 71.1 cm³/mol. The molecule has 0 aliphatic carbocycles. The molecule has 0 heterocycles. The number of methoxy groups -OCH3 is 1. The van der Waals surface area contributed by atoms with E-state index in [2.05, 4.69) is 26.0 Å². The number of hydrogen-bond acceptors (Lipinski definition) is 4. The second-order valence-electron chi connectivity index (χ2n) is 4.15. The van der Waals surface area contributed by atoms with Crippen LogP contribution in [0.2, 0.25) is 0 Å². The monoisotopic (exact) mass is 315 g/mol. The molecule has 0 saturated heterocycles. The van der Waals surface area contributed by atoms with Gasteiger partial charge in [0, 0.05) is 0 Å². The molecule has 6 heteroatoms. The largest absolute Gasteiger partial charge is 0.506 e. The molecular formula is C12H14BrNO4. The van der Waals surface area contributed by atoms with Crippen LogP contribution in [0.25, 0.3) is 0 Å². The standard InChI is InChI=1S/C12H14BrNO4/c1-12(2,13)11(17)14-8-6-7(10(16)18-3)4-5-9(8)15/h4-6,15H,1-3H3,(H,14,17). The number of alkyl halides is 1. The van der Waals surface area contributed by atoms with Crippen molar-refractivity contribution in [3.05, 3.63) is 23.8 Å². The molecule has 98 valence electrons. The predicted octanol–water partition coefficient (Wildman–Crippen LogP) is 2.29. The molecule has 0 aliphatic heterocycles. The average molecular weight is 316 g/mol. The summed E-state index contributed by atoms with van der Waals surface area (Å²) in [6.45, 7) is 3.34. The Labute approximate surface area is 113 Å². The van der Waals surface area contributed by atoms with Gasteiger partial charge in [-0.05, 0) is 32.0 Å². The van der Waals surface area contributed by atoms with Gasteiger partial charge in [-0.15, -0.1) is 0 Å². The molecule has 0 bridgehead atoms. The van der Waals surface area contributed by atoms with Gasteiger partial charge in [0.05, 0.1) is 22.7 Å². The van der Waals surface area contributed by atoms with Crippen molar-refractivity contribution < 1.29 is 19.4 Å². The Morgan fingerprint density at radius 1 is 1.39 bits per heavy atom. The molecule has 0 fully saturated rings. The Hall–Kier alpha value is -1.56. The van der Waals surface area contributed by atoms with Crippen LogP contribution in [0.4, 0.5) is 5.69 Å². The zero-order valence-corrected chi connectivity index (χ0v) is 11.9. The second-order valence-corrected chi connectivity index (χ2v) is 6.13. The number of hydrogen-bond donors (Lipinski definition) is 2. The first-order chi connectivity index (χ1) is 8.25. The van der Waals surface area contributed by atoms with Gasteiger partial charge in [-0.25, -0.2) is 4.79 Å². The van der Waals surface area contributed by atoms with E-state index in [1.165, 1.54) is 25.3 Å². The molecule has 18 heavy (non-hydrogen) atoms. The van der Waals surface area contributed by atoms with Crippen LogP contribution >= 0.6 is 15.9 Å². The smallest absolute Gasteiger partial charge is 0.337 e. The summed E-state index contributed by atoms with van der Waals surface area (Å²) in [6.07, 6.45) is 0. The van der Waals surface area contributed by atoms with Crippen molar-refractivity contribution in [2.75, 3.05) is 12.4 Å². The molecule has 1 rings (SSSR count). The molecule has 5 nitrogen and oxygen atoms in total. The van der Waals surface area contributed by atoms with Gasteiger partial charge in [-0.2, -0.15) is 0 Å². The number of halogens is 1. The fourth-order valence-corrected chi connectivity index (χ4v) is 1.25. The first-order valence-corrected chi connectivity index (χ1v) is 5.96. The van der Waals surface area contributed by atoms with Crippen molar-refractivity contribution in [1.82, 2.24) is 0 Å². The van der Waals surface area contributed by atoms with E-state index in [9.17, 15) is 14.7 Å². The molecule has 0 atom stereocenters. The molecule has 0 unspecified atom stereocenters. The SMILES string of the molecule is COC(=O)c1ccc(O)c(NC(=O)C(C)(C)Br)c1. The van der Waals surface area contributed by atoms with Crippen LogP contribution in [-0.4, -0.2) is 28.4 Å². The number of aromatic hydroxyl groups is 1. The summed E-state index contributed by atoms with van der Waals surface area (Å²) in [5, 5.41) is 12.1. The summed E-state index contributed by atoms with van der Waals surface area (Å²) >= 11 is 3.20. The zero-order valence-electron chi connectivity index (χ0n) is 10.3. The maximum Gasteiger partial charge on any atom is 0.337 e. The van der Waals surface area contributed by atoms with Crippen LogP contribution < -0.4 is 5.32 Å². The average Bonchev–Trinajstić information content (AvgIpc) is 2.29. The van der Waals surface area contributed by atoms with E-state index in [-0.39, 0.29) is 22.9 Å². The van der Waals surface area contributed by atoms with Crippen LogP contribution in [0.3, 0.4) is 0 Å². The molecule has 1 aromatic carbocycles. The number of carbonyl (C=O) groups is 2. The van der Waals surface area contributed by atoms with Gasteiger partial charge in [0.1, 0.15) is 5.75 Å². The Balaban J connectivity index is 3.02. The number of benzene rings is 1. The number of amides is 1. The molecule has 0 aromatic heterocycles. The first-order valence-electron chi connectivity index (χ1n) is 5.17. The summed E-state index contributed by atoms with van der Waals surface area (Å²) in [5.41, 5.74) is 0.411. The Morgan fingerprint density at radius 2 is 2.00 bits per heavy atom. The van der Waals surface area contributed by atoms with E-state index in [1.54, 1.807) is 13.8 Å². The van der Waals surface area contributed by atoms with E-state index in [4.69, 9.17) is 0 Å². The van der Waals surface area contributed by atoms with Crippen LogP contribution in [0.15, 0.2) is 18.2 Å². The highest BCUT2D eigenvalue weighted by Crippen LogP contribution is 2.27. The summed E-state index contributed by atoms with van der Waals surface area (Å²) in [5.74, 6) is -0.990. The minimum Gasteiger partial charge on any atom is -0.506 e. The number of nitrogens with one attached hydrogen (secondary N) is 1. The summed E-state index contributed by atoms with van der Waals surface area (Å²) in [7, 11) is 1.26. The van der Waals surface area contributed by atoms with Crippen molar-refractivity contribution in [3.8, 4) is 5.75 Å². The fourth-order valence-electron chi connectivity index (χ4n) is 1.15. The highest BCUT2D eigenvalue weighted by atomic mass is 79.9. The number of carbonyl (C=O) groups excluding carboxylic acids is 2. The van der Waals surface area contributed by atoms with Crippen LogP contribution in [-0.2, 0) is 9.53 Å². The topological polar surface area (TPSA) is 75.6 Å². The highest BCUT2D eigenvalue weighted by Gasteiger charge is 2.24. The van der Waals surface area contributed by atoms with Gasteiger partial charge in [-0.3, -0.25) is 4.79 Å². The van der Waals surface area contributed by atoms with Gasteiger partial charge < -0.3 is 15.2 Å². The fraction of sp³-hybridized carbons (Fsp3) is 0.333. The van der Waals surface area contributed by atoms with Crippen molar-refractivity contribution in [2.24, 2.45) is 0 Å². The number of esters is 1. The number of phenolic OH excluding ortho intramolecular Hbond substituents is 1. The highest BCUT2D eigenvalue weighted by molar-refractivity contribution is 9.10. The lowest BCUT2D eigenvalue weighted by molar-refractivity contribution is -0.117. The third-order valence-electron chi connectivity index (χ3n) is 2.21. The maximum absolute atomic E-state index is 11.8. The minimum absolute atomic E-state index is 0.118. The second kappa shape index (κ2) is 5.39. The van der Waals surface area contributed by atoms with Crippen molar-refractivity contribution >= 4 is 33.5 Å². The molecule has 0 saturated carbocycles. The van der Waals surface area contributed by atoms with Gasteiger partial charge in [0.25, 0.3) is 0 Å². The molecule has 0 spiro atoms. The lowest BCUT2D eigenvalue weighted by Gasteiger charge is -2.16. The van der Waals surface area contributed by atoms with Gasteiger partial charge >= 0.3 is 5.97 Å². The third kappa shape index (κ3) is 3.46. The first kappa shape index (κ1) is 14.5. The van der Waals surface area contributed by atoms with E-state index in [1.807, 2.05) is 0 Å². The van der Waals surface area contributed by atoms with Crippen molar-refractivity contribution in [2.45, 2.75) is 18.2 Å². The van der Waals surface area contributed by atoms with E-state index < -0.39 is 10.3 Å². The van der Waals surface area contributed by atoms with Gasteiger partial charge in [0.15, 0.2) is 0 Å². The number of anilines is 1. The molecule has 0 radical (unpaired) electrons. The summed E-state index contributed by atoms with van der Waals surface area (Å²) < 4.78 is 3.78. The lowest BCUT2D eigenvalue weighted by Crippen LogP contribution is -2.31. The third-order valence-corrected chi connectivity index (χ3v) is 2.57. The molecule has 0 aliphatic rings. The molecule has 1 aromatic rings. The van der Waals surface area contributed by atoms with Crippen LogP contribution in [0.1, 0.15) is 24.2 Å². The summed E-state index contributed by atoms with van der Waals surface area (Å²) in [6, 6.07) is 4.09. The quantitative estimate of drug-likeness (QED) is 0.510. The Morgan fingerprint density at radius 3 is 2.50 bits per heavy atom. The van der Waals surface area contributed by atoms with E-state index in [0.717, 1.165) is 0 Å². The number of rotatable bonds is 3.